The fraction of sp³-hybridized carbons (Fsp3) is 0. The molecule has 0 N–H and O–H groups in total. The van der Waals surface area contributed by atoms with E-state index in [9.17, 15) is 0 Å². The molecule has 6 rings (SSSR count). The standard InChI is InChI=1S/C27H15Br2N/c28-23-14-21-25(16-8-2-1-3-9-16)22-15-24(29)18-11-5-7-13-20(18)27(22)30-26(21)19-12-6-4-10-17(19)23/h1-15H. The van der Waals surface area contributed by atoms with E-state index in [1.165, 1.54) is 21.9 Å². The van der Waals surface area contributed by atoms with Gasteiger partial charge in [0.25, 0.3) is 0 Å². The maximum atomic E-state index is 5.26. The van der Waals surface area contributed by atoms with Crippen LogP contribution in [-0.4, -0.2) is 4.98 Å². The third kappa shape index (κ3) is 2.62. The normalized spacial score (nSPS) is 11.7. The first-order chi connectivity index (χ1) is 14.7. The van der Waals surface area contributed by atoms with E-state index >= 15 is 0 Å². The first-order valence-electron chi connectivity index (χ1n) is 9.80. The third-order valence-corrected chi connectivity index (χ3v) is 7.07. The molecule has 0 aliphatic carbocycles. The second kappa shape index (κ2) is 6.90. The van der Waals surface area contributed by atoms with E-state index in [0.29, 0.717) is 0 Å². The largest absolute Gasteiger partial charge is 0.246 e. The molecule has 30 heavy (non-hydrogen) atoms. The first-order valence-corrected chi connectivity index (χ1v) is 11.4. The van der Waals surface area contributed by atoms with E-state index in [1.54, 1.807) is 0 Å². The van der Waals surface area contributed by atoms with Gasteiger partial charge in [0.1, 0.15) is 0 Å². The van der Waals surface area contributed by atoms with Crippen LogP contribution < -0.4 is 0 Å². The minimum Gasteiger partial charge on any atom is -0.246 e. The molecule has 6 aromatic rings. The molecule has 1 heterocycles. The van der Waals surface area contributed by atoms with Crippen LogP contribution in [0.3, 0.4) is 0 Å². The number of aromatic nitrogens is 1. The van der Waals surface area contributed by atoms with E-state index in [2.05, 4.69) is 123 Å². The molecular formula is C27H15Br2N. The van der Waals surface area contributed by atoms with Crippen LogP contribution in [-0.2, 0) is 0 Å². The highest BCUT2D eigenvalue weighted by atomic mass is 79.9. The fourth-order valence-electron chi connectivity index (χ4n) is 4.43. The zero-order valence-electron chi connectivity index (χ0n) is 15.9. The van der Waals surface area contributed by atoms with Crippen molar-refractivity contribution in [3.05, 3.63) is 99.9 Å². The van der Waals surface area contributed by atoms with Crippen molar-refractivity contribution in [3.63, 3.8) is 0 Å². The molecular weight excluding hydrogens is 498 g/mol. The predicted octanol–water partition coefficient (Wildman–Crippen LogP) is 8.89. The number of benzene rings is 5. The van der Waals surface area contributed by atoms with Crippen molar-refractivity contribution in [2.45, 2.75) is 0 Å². The van der Waals surface area contributed by atoms with Gasteiger partial charge < -0.3 is 0 Å². The molecule has 0 spiro atoms. The number of fused-ring (bicyclic) bond motifs is 6. The van der Waals surface area contributed by atoms with E-state index in [0.717, 1.165) is 41.5 Å². The van der Waals surface area contributed by atoms with Crippen LogP contribution in [0.4, 0.5) is 0 Å². The van der Waals surface area contributed by atoms with E-state index in [-0.39, 0.29) is 0 Å². The molecule has 0 aliphatic heterocycles. The quantitative estimate of drug-likeness (QED) is 0.158. The van der Waals surface area contributed by atoms with Gasteiger partial charge in [0.15, 0.2) is 0 Å². The zero-order chi connectivity index (χ0) is 20.2. The second-order valence-electron chi connectivity index (χ2n) is 7.45. The van der Waals surface area contributed by atoms with Gasteiger partial charge in [-0.15, -0.1) is 0 Å². The van der Waals surface area contributed by atoms with Gasteiger partial charge in [0, 0.05) is 36.1 Å². The van der Waals surface area contributed by atoms with Crippen LogP contribution in [0.25, 0.3) is 54.5 Å². The Labute approximate surface area is 190 Å². The van der Waals surface area contributed by atoms with E-state index in [1.807, 2.05) is 0 Å². The van der Waals surface area contributed by atoms with Crippen molar-refractivity contribution in [1.82, 2.24) is 4.98 Å². The number of pyridine rings is 1. The van der Waals surface area contributed by atoms with Gasteiger partial charge in [-0.2, -0.15) is 0 Å². The third-order valence-electron chi connectivity index (χ3n) is 5.76. The van der Waals surface area contributed by atoms with Crippen LogP contribution in [0.5, 0.6) is 0 Å². The van der Waals surface area contributed by atoms with Gasteiger partial charge in [-0.3, -0.25) is 0 Å². The summed E-state index contributed by atoms with van der Waals surface area (Å²) in [6, 6.07) is 32.0. The molecule has 142 valence electrons. The van der Waals surface area contributed by atoms with Crippen molar-refractivity contribution >= 4 is 75.2 Å². The Bertz CT molecular complexity index is 1500. The minimum absolute atomic E-state index is 1.03. The Morgan fingerprint density at radius 1 is 0.467 bits per heavy atom. The van der Waals surface area contributed by atoms with Gasteiger partial charge in [-0.25, -0.2) is 4.98 Å². The van der Waals surface area contributed by atoms with Crippen molar-refractivity contribution in [2.75, 3.05) is 0 Å². The molecule has 0 unspecified atom stereocenters. The van der Waals surface area contributed by atoms with E-state index in [4.69, 9.17) is 4.98 Å². The average Bonchev–Trinajstić information content (AvgIpc) is 2.79. The Morgan fingerprint density at radius 2 is 0.900 bits per heavy atom. The van der Waals surface area contributed by atoms with Gasteiger partial charge in [0.05, 0.1) is 11.0 Å². The lowest BCUT2D eigenvalue weighted by atomic mass is 9.92. The lowest BCUT2D eigenvalue weighted by molar-refractivity contribution is 1.52. The minimum atomic E-state index is 1.03. The van der Waals surface area contributed by atoms with Gasteiger partial charge in [-0.05, 0) is 28.5 Å². The number of rotatable bonds is 1. The lowest BCUT2D eigenvalue weighted by Crippen LogP contribution is -1.93. The highest BCUT2D eigenvalue weighted by molar-refractivity contribution is 9.11. The van der Waals surface area contributed by atoms with Crippen molar-refractivity contribution < 1.29 is 0 Å². The molecule has 1 aromatic heterocycles. The number of hydrogen-bond acceptors (Lipinski definition) is 1. The van der Waals surface area contributed by atoms with Crippen LogP contribution in [0.1, 0.15) is 0 Å². The Kier molecular flexibility index (Phi) is 4.15. The smallest absolute Gasteiger partial charge is 0.0795 e. The SMILES string of the molecule is Brc1cc2c(-c3ccccc3)c3cc(Br)c4ccccc4c3nc2c2ccccc12. The van der Waals surface area contributed by atoms with Gasteiger partial charge in [-0.1, -0.05) is 111 Å². The summed E-state index contributed by atoms with van der Waals surface area (Å²) < 4.78 is 2.17. The summed E-state index contributed by atoms with van der Waals surface area (Å²) >= 11 is 7.61. The summed E-state index contributed by atoms with van der Waals surface area (Å²) in [7, 11) is 0. The molecule has 0 amide bonds. The molecule has 3 heteroatoms. The summed E-state index contributed by atoms with van der Waals surface area (Å²) in [5.74, 6) is 0. The second-order valence-corrected chi connectivity index (χ2v) is 9.16. The van der Waals surface area contributed by atoms with Crippen molar-refractivity contribution in [3.8, 4) is 11.1 Å². The van der Waals surface area contributed by atoms with E-state index < -0.39 is 0 Å². The molecule has 0 saturated carbocycles. The first kappa shape index (κ1) is 18.1. The van der Waals surface area contributed by atoms with Crippen molar-refractivity contribution in [1.29, 1.82) is 0 Å². The fourth-order valence-corrected chi connectivity index (χ4v) is 5.58. The molecule has 1 nitrogen and oxygen atoms in total. The molecule has 0 atom stereocenters. The zero-order valence-corrected chi connectivity index (χ0v) is 19.0. The molecule has 0 fully saturated rings. The predicted molar refractivity (Wildman–Crippen MR) is 135 cm³/mol. The van der Waals surface area contributed by atoms with Gasteiger partial charge >= 0.3 is 0 Å². The molecule has 0 radical (unpaired) electrons. The average molecular weight is 513 g/mol. The summed E-state index contributed by atoms with van der Waals surface area (Å²) in [4.78, 5) is 5.26. The van der Waals surface area contributed by atoms with Crippen LogP contribution in [0.15, 0.2) is 99.9 Å². The maximum Gasteiger partial charge on any atom is 0.0795 e. The van der Waals surface area contributed by atoms with Crippen LogP contribution >= 0.6 is 31.9 Å². The summed E-state index contributed by atoms with van der Waals surface area (Å²) in [5, 5.41) is 6.98. The Hall–Kier alpha value is -2.75. The topological polar surface area (TPSA) is 12.9 Å². The number of halogens is 2. The molecule has 0 aliphatic rings. The Morgan fingerprint density at radius 3 is 1.40 bits per heavy atom. The monoisotopic (exact) mass is 511 g/mol. The summed E-state index contributed by atoms with van der Waals surface area (Å²) in [6.45, 7) is 0. The van der Waals surface area contributed by atoms with Crippen LogP contribution in [0, 0.1) is 0 Å². The highest BCUT2D eigenvalue weighted by Crippen LogP contribution is 2.43. The molecule has 0 saturated heterocycles. The lowest BCUT2D eigenvalue weighted by Gasteiger charge is -2.16. The van der Waals surface area contributed by atoms with Crippen LogP contribution in [0.2, 0.25) is 0 Å². The Balaban J connectivity index is 1.95. The molecule has 5 aromatic carbocycles. The summed E-state index contributed by atoms with van der Waals surface area (Å²) in [5.41, 5.74) is 4.48. The highest BCUT2D eigenvalue weighted by Gasteiger charge is 2.17. The summed E-state index contributed by atoms with van der Waals surface area (Å²) in [6.07, 6.45) is 0. The molecule has 0 bridgehead atoms. The maximum absolute atomic E-state index is 5.26. The number of nitrogens with zero attached hydrogens (tertiary/aromatic N) is 1. The number of hydrogen-bond donors (Lipinski definition) is 0. The van der Waals surface area contributed by atoms with Crippen molar-refractivity contribution in [2.24, 2.45) is 0 Å². The van der Waals surface area contributed by atoms with Gasteiger partial charge in [0.2, 0.25) is 0 Å².